The van der Waals surface area contributed by atoms with E-state index in [1.165, 1.54) is 17.3 Å². The van der Waals surface area contributed by atoms with Gasteiger partial charge in [0.2, 0.25) is 5.16 Å². The summed E-state index contributed by atoms with van der Waals surface area (Å²) in [5, 5.41) is 11.5. The van der Waals surface area contributed by atoms with Crippen molar-refractivity contribution in [3.63, 3.8) is 0 Å². The molecule has 0 saturated heterocycles. The second-order valence-corrected chi connectivity index (χ2v) is 6.42. The minimum atomic E-state index is -0.255. The van der Waals surface area contributed by atoms with Gasteiger partial charge in [-0.3, -0.25) is 15.5 Å². The molecular formula is C15H19N5OS2. The third-order valence-corrected chi connectivity index (χ3v) is 4.08. The third kappa shape index (κ3) is 4.29. The van der Waals surface area contributed by atoms with E-state index < -0.39 is 0 Å². The van der Waals surface area contributed by atoms with E-state index in [0.717, 1.165) is 0 Å². The van der Waals surface area contributed by atoms with Crippen molar-refractivity contribution in [3.8, 4) is 0 Å². The molecule has 0 unspecified atom stereocenters. The minimum Gasteiger partial charge on any atom is -0.298 e. The molecule has 2 rings (SSSR count). The number of thiocarbonyl (C=S) groups is 1. The van der Waals surface area contributed by atoms with Gasteiger partial charge in [-0.2, -0.15) is 0 Å². The quantitative estimate of drug-likeness (QED) is 0.653. The Bertz CT molecular complexity index is 709. The monoisotopic (exact) mass is 349 g/mol. The number of aromatic nitrogens is 3. The number of nitrogens with zero attached hydrogens (tertiary/aromatic N) is 3. The van der Waals surface area contributed by atoms with Crippen molar-refractivity contribution in [2.24, 2.45) is 0 Å². The van der Waals surface area contributed by atoms with Crippen LogP contribution in [0.2, 0.25) is 0 Å². The van der Waals surface area contributed by atoms with E-state index in [1.54, 1.807) is 23.7 Å². The first-order chi connectivity index (χ1) is 10.9. The average molecular weight is 349 g/mol. The van der Waals surface area contributed by atoms with E-state index in [1.807, 2.05) is 18.4 Å². The lowest BCUT2D eigenvalue weighted by atomic mass is 10.0. The first-order valence-electron chi connectivity index (χ1n) is 7.10. The summed E-state index contributed by atoms with van der Waals surface area (Å²) in [4.78, 5) is 12.2. The predicted octanol–water partition coefficient (Wildman–Crippen LogP) is 2.69. The smallest absolute Gasteiger partial charge is 0.257 e. The summed E-state index contributed by atoms with van der Waals surface area (Å²) in [6.45, 7) is 6.02. The van der Waals surface area contributed by atoms with Gasteiger partial charge in [0.15, 0.2) is 5.11 Å². The maximum Gasteiger partial charge on any atom is 0.257 e. The van der Waals surface area contributed by atoms with Crippen LogP contribution in [0.3, 0.4) is 0 Å². The lowest BCUT2D eigenvalue weighted by Crippen LogP contribution is -2.38. The highest BCUT2D eigenvalue weighted by molar-refractivity contribution is 7.98. The molecule has 0 aliphatic heterocycles. The van der Waals surface area contributed by atoms with E-state index in [9.17, 15) is 4.79 Å². The van der Waals surface area contributed by atoms with Crippen molar-refractivity contribution in [2.45, 2.75) is 31.8 Å². The highest BCUT2D eigenvalue weighted by atomic mass is 32.2. The van der Waals surface area contributed by atoms with Crippen LogP contribution in [0.5, 0.6) is 0 Å². The Labute approximate surface area is 145 Å². The molecule has 23 heavy (non-hydrogen) atoms. The van der Waals surface area contributed by atoms with Gasteiger partial charge in [0.05, 0.1) is 0 Å². The number of carbonyl (C=O) groups excluding carboxylic acids is 1. The van der Waals surface area contributed by atoms with Crippen molar-refractivity contribution < 1.29 is 4.79 Å². The Morgan fingerprint density at radius 1 is 1.26 bits per heavy atom. The molecule has 1 amide bonds. The lowest BCUT2D eigenvalue weighted by Gasteiger charge is -2.12. The van der Waals surface area contributed by atoms with Crippen molar-refractivity contribution in [1.29, 1.82) is 0 Å². The maximum absolute atomic E-state index is 12.2. The van der Waals surface area contributed by atoms with Crippen LogP contribution in [-0.2, 0) is 0 Å². The average Bonchev–Trinajstić information content (AvgIpc) is 2.87. The standard InChI is InChI=1S/C15H19N5OS2/c1-9(2)11-5-7-12(8-6-11)13(21)16-14(22)19-20-10(3)17-18-15(20)23-4/h5-9H,1-4H3,(H2,16,19,21,22). The summed E-state index contributed by atoms with van der Waals surface area (Å²) < 4.78 is 1.63. The molecule has 0 bridgehead atoms. The zero-order chi connectivity index (χ0) is 17.0. The predicted molar refractivity (Wildman–Crippen MR) is 96.5 cm³/mol. The Kier molecular flexibility index (Phi) is 5.73. The minimum absolute atomic E-state index is 0.195. The Morgan fingerprint density at radius 2 is 1.91 bits per heavy atom. The number of thioether (sulfide) groups is 1. The molecule has 1 heterocycles. The van der Waals surface area contributed by atoms with Gasteiger partial charge < -0.3 is 0 Å². The largest absolute Gasteiger partial charge is 0.298 e. The molecule has 0 radical (unpaired) electrons. The number of carbonyl (C=O) groups is 1. The molecule has 6 nitrogen and oxygen atoms in total. The molecule has 1 aromatic heterocycles. The first kappa shape index (κ1) is 17.4. The van der Waals surface area contributed by atoms with Crippen molar-refractivity contribution in [3.05, 3.63) is 41.2 Å². The van der Waals surface area contributed by atoms with Gasteiger partial charge in [-0.25, -0.2) is 4.68 Å². The first-order valence-corrected chi connectivity index (χ1v) is 8.74. The van der Waals surface area contributed by atoms with Crippen LogP contribution in [0, 0.1) is 6.92 Å². The van der Waals surface area contributed by atoms with Gasteiger partial charge in [0.25, 0.3) is 5.91 Å². The number of amides is 1. The fraction of sp³-hybridized carbons (Fsp3) is 0.333. The van der Waals surface area contributed by atoms with Crippen LogP contribution in [0.15, 0.2) is 29.4 Å². The molecule has 2 N–H and O–H groups in total. The number of nitrogens with one attached hydrogen (secondary N) is 2. The number of hydrogen-bond acceptors (Lipinski definition) is 5. The van der Waals surface area contributed by atoms with Gasteiger partial charge in [-0.15, -0.1) is 10.2 Å². The van der Waals surface area contributed by atoms with Crippen LogP contribution in [0.1, 0.15) is 41.5 Å². The van der Waals surface area contributed by atoms with E-state index in [0.29, 0.717) is 22.5 Å². The Hall–Kier alpha value is -1.93. The molecule has 0 fully saturated rings. The molecular weight excluding hydrogens is 330 g/mol. The van der Waals surface area contributed by atoms with Gasteiger partial charge >= 0.3 is 0 Å². The maximum atomic E-state index is 12.2. The summed E-state index contributed by atoms with van der Waals surface area (Å²) in [5.41, 5.74) is 4.66. The molecule has 122 valence electrons. The highest BCUT2D eigenvalue weighted by Crippen LogP contribution is 2.14. The zero-order valence-electron chi connectivity index (χ0n) is 13.5. The third-order valence-electron chi connectivity index (χ3n) is 3.26. The van der Waals surface area contributed by atoms with Crippen LogP contribution < -0.4 is 10.7 Å². The highest BCUT2D eigenvalue weighted by Gasteiger charge is 2.12. The molecule has 8 heteroatoms. The van der Waals surface area contributed by atoms with Crippen LogP contribution in [0.25, 0.3) is 0 Å². The van der Waals surface area contributed by atoms with Crippen LogP contribution >= 0.6 is 24.0 Å². The molecule has 0 aliphatic carbocycles. The summed E-state index contributed by atoms with van der Waals surface area (Å²) in [6, 6.07) is 7.49. The molecule has 0 aliphatic rings. The van der Waals surface area contributed by atoms with Gasteiger partial charge in [0, 0.05) is 5.56 Å². The van der Waals surface area contributed by atoms with E-state index >= 15 is 0 Å². The van der Waals surface area contributed by atoms with Gasteiger partial charge in [-0.1, -0.05) is 37.7 Å². The number of aryl methyl sites for hydroxylation is 1. The van der Waals surface area contributed by atoms with E-state index in [2.05, 4.69) is 34.8 Å². The second-order valence-electron chi connectivity index (χ2n) is 5.24. The molecule has 1 aromatic carbocycles. The number of rotatable bonds is 4. The summed E-state index contributed by atoms with van der Waals surface area (Å²) in [7, 11) is 0. The summed E-state index contributed by atoms with van der Waals surface area (Å²) in [6.07, 6.45) is 1.89. The number of benzene rings is 1. The van der Waals surface area contributed by atoms with Gasteiger partial charge in [-0.05, 0) is 49.0 Å². The zero-order valence-corrected chi connectivity index (χ0v) is 15.1. The SMILES string of the molecule is CSc1nnc(C)n1NC(=S)NC(=O)c1ccc(C(C)C)cc1. The van der Waals surface area contributed by atoms with Crippen LogP contribution in [0.4, 0.5) is 0 Å². The topological polar surface area (TPSA) is 71.8 Å². The Morgan fingerprint density at radius 3 is 2.48 bits per heavy atom. The van der Waals surface area contributed by atoms with Gasteiger partial charge in [0.1, 0.15) is 5.82 Å². The summed E-state index contributed by atoms with van der Waals surface area (Å²) >= 11 is 6.62. The molecule has 0 atom stereocenters. The van der Waals surface area contributed by atoms with Crippen molar-refractivity contribution in [1.82, 2.24) is 20.2 Å². The van der Waals surface area contributed by atoms with Crippen LogP contribution in [-0.4, -0.2) is 32.1 Å². The fourth-order valence-corrected chi connectivity index (χ4v) is 2.59. The Balaban J connectivity index is 2.02. The van der Waals surface area contributed by atoms with Crippen molar-refractivity contribution in [2.75, 3.05) is 11.7 Å². The van der Waals surface area contributed by atoms with Crippen molar-refractivity contribution >= 4 is 35.0 Å². The normalized spacial score (nSPS) is 10.7. The second kappa shape index (κ2) is 7.56. The molecule has 2 aromatic rings. The van der Waals surface area contributed by atoms with E-state index in [4.69, 9.17) is 12.2 Å². The lowest BCUT2D eigenvalue weighted by molar-refractivity contribution is 0.0977. The molecule has 0 spiro atoms. The number of hydrogen-bond donors (Lipinski definition) is 2. The summed E-state index contributed by atoms with van der Waals surface area (Å²) in [5.74, 6) is 0.831. The molecule has 0 saturated carbocycles. The fourth-order valence-electron chi connectivity index (χ4n) is 1.93. The van der Waals surface area contributed by atoms with E-state index in [-0.39, 0.29) is 11.0 Å².